The minimum absolute atomic E-state index is 0.00600. The molecule has 5 amide bonds. The smallest absolute Gasteiger partial charge is 0.251 e. The van der Waals surface area contributed by atoms with Gasteiger partial charge in [-0.3, -0.25) is 24.0 Å². The lowest BCUT2D eigenvalue weighted by Gasteiger charge is -2.41. The van der Waals surface area contributed by atoms with Crippen LogP contribution in [0.3, 0.4) is 0 Å². The first-order valence-electron chi connectivity index (χ1n) is 21.3. The first kappa shape index (κ1) is 49.9. The van der Waals surface area contributed by atoms with Gasteiger partial charge in [-0.25, -0.2) is 18.4 Å². The minimum Gasteiger partial charge on any atom is -0.388 e. The third-order valence-corrected chi connectivity index (χ3v) is 14.2. The van der Waals surface area contributed by atoms with Crippen molar-refractivity contribution in [3.05, 3.63) is 47.3 Å². The van der Waals surface area contributed by atoms with Crippen molar-refractivity contribution in [2.45, 2.75) is 148 Å². The summed E-state index contributed by atoms with van der Waals surface area (Å²) >= 11 is 0. The molecule has 334 valence electrons. The molecule has 15 nitrogen and oxygen atoms in total. The van der Waals surface area contributed by atoms with Crippen molar-refractivity contribution >= 4 is 51.5 Å². The van der Waals surface area contributed by atoms with Gasteiger partial charge >= 0.3 is 0 Å². The lowest BCUT2D eigenvalue weighted by atomic mass is 9.76. The average Bonchev–Trinajstić information content (AvgIpc) is 3.17. The van der Waals surface area contributed by atoms with E-state index in [1.165, 1.54) is 39.0 Å². The fourth-order valence-corrected chi connectivity index (χ4v) is 8.81. The normalized spacial score (nSPS) is 16.2. The van der Waals surface area contributed by atoms with E-state index < -0.39 is 67.6 Å². The van der Waals surface area contributed by atoms with Gasteiger partial charge in [-0.05, 0) is 71.8 Å². The van der Waals surface area contributed by atoms with Gasteiger partial charge in [-0.2, -0.15) is 0 Å². The highest BCUT2D eigenvalue weighted by molar-refractivity contribution is 7.92. The molecule has 60 heavy (non-hydrogen) atoms. The second-order valence-electron chi connectivity index (χ2n) is 18.0. The highest BCUT2D eigenvalue weighted by Gasteiger charge is 2.48. The number of nitrogens with one attached hydrogen (secondary N) is 5. The molecule has 1 heterocycles. The molecule has 1 fully saturated rings. The average molecular weight is 856 g/mol. The number of aliphatic hydroxyl groups is 1. The Labute approximate surface area is 356 Å². The molecular formula is C44H69N7O8S. The maximum Gasteiger partial charge on any atom is 0.251 e. The van der Waals surface area contributed by atoms with E-state index in [1.54, 1.807) is 72.7 Å². The summed E-state index contributed by atoms with van der Waals surface area (Å²) < 4.78 is 25.2. The van der Waals surface area contributed by atoms with E-state index in [9.17, 15) is 37.5 Å². The van der Waals surface area contributed by atoms with Crippen LogP contribution in [-0.2, 0) is 40.2 Å². The zero-order chi connectivity index (χ0) is 44.7. The summed E-state index contributed by atoms with van der Waals surface area (Å²) in [5.74, 6) is -3.63. The predicted molar refractivity (Wildman–Crippen MR) is 234 cm³/mol. The van der Waals surface area contributed by atoms with Gasteiger partial charge in [0.2, 0.25) is 24.1 Å². The number of carbonyl (C=O) groups is 5. The largest absolute Gasteiger partial charge is 0.388 e. The third kappa shape index (κ3) is 15.2. The van der Waals surface area contributed by atoms with E-state index in [4.69, 9.17) is 0 Å². The molecule has 1 aliphatic carbocycles. The lowest BCUT2D eigenvalue weighted by Crippen LogP contribution is -2.64. The van der Waals surface area contributed by atoms with Crippen molar-refractivity contribution in [2.75, 3.05) is 29.5 Å². The Balaban J connectivity index is 1.76. The fourth-order valence-electron chi connectivity index (χ4n) is 7.51. The second-order valence-corrected chi connectivity index (χ2v) is 20.8. The number of carbonyl (C=O) groups excluding carboxylic acids is 5. The topological polar surface area (TPSA) is 226 Å². The Kier molecular flexibility index (Phi) is 18.6. The van der Waals surface area contributed by atoms with Gasteiger partial charge in [0.1, 0.15) is 5.54 Å². The Morgan fingerprint density at radius 3 is 2.12 bits per heavy atom. The number of benzene rings is 1. The van der Waals surface area contributed by atoms with E-state index in [0.717, 1.165) is 30.7 Å². The molecule has 0 radical (unpaired) electrons. The van der Waals surface area contributed by atoms with Gasteiger partial charge in [0, 0.05) is 19.4 Å². The fraction of sp³-hybridized carbons (Fsp3) is 0.659. The zero-order valence-electron chi connectivity index (χ0n) is 36.9. The molecule has 3 atom stereocenters. The molecule has 1 aromatic heterocycles. The van der Waals surface area contributed by atoms with Gasteiger partial charge in [-0.1, -0.05) is 95.5 Å². The second kappa shape index (κ2) is 22.4. The number of unbranched alkanes of at least 4 members (excludes halogenated alkanes) is 2. The van der Waals surface area contributed by atoms with Crippen LogP contribution in [0.1, 0.15) is 129 Å². The van der Waals surface area contributed by atoms with Crippen LogP contribution in [0.2, 0.25) is 0 Å². The predicted octanol–water partition coefficient (Wildman–Crippen LogP) is 5.09. The Morgan fingerprint density at radius 2 is 1.52 bits per heavy atom. The lowest BCUT2D eigenvalue weighted by molar-refractivity contribution is -0.136. The number of hydrogen-bond acceptors (Lipinski definition) is 10. The van der Waals surface area contributed by atoms with Gasteiger partial charge in [0.05, 0.1) is 40.0 Å². The van der Waals surface area contributed by atoms with E-state index in [0.29, 0.717) is 24.2 Å². The van der Waals surface area contributed by atoms with E-state index in [2.05, 4.69) is 36.6 Å². The summed E-state index contributed by atoms with van der Waals surface area (Å²) in [6.07, 6.45) is 10.4. The molecule has 0 bridgehead atoms. The highest BCUT2D eigenvalue weighted by Crippen LogP contribution is 2.32. The Morgan fingerprint density at radius 1 is 0.883 bits per heavy atom. The van der Waals surface area contributed by atoms with Crippen LogP contribution in [0.5, 0.6) is 0 Å². The Hall–Kier alpha value is -4.44. The summed E-state index contributed by atoms with van der Waals surface area (Å²) in [6.45, 7) is 12.1. The van der Waals surface area contributed by atoms with Crippen LogP contribution < -0.4 is 26.6 Å². The maximum atomic E-state index is 14.5. The molecule has 0 saturated heterocycles. The highest BCUT2D eigenvalue weighted by atomic mass is 32.2. The van der Waals surface area contributed by atoms with Crippen LogP contribution in [0.25, 0.3) is 0 Å². The quantitative estimate of drug-likeness (QED) is 0.0642. The molecule has 3 rings (SSSR count). The summed E-state index contributed by atoms with van der Waals surface area (Å²) in [5, 5.41) is 25.1. The van der Waals surface area contributed by atoms with Crippen molar-refractivity contribution in [2.24, 2.45) is 17.8 Å². The standard InChI is InChI=1S/C44H69N7O8S/c1-30(2)44(41(56)50-39-38(47-29-52)48-31(3)32(4)49-39,51-36(53)23-17-11-14-20-33-18-12-9-13-19-33)27-43(8,57)28-46-37(54)25-45-40(55)35(24-34-21-15-10-16-22-34)26-60(58,59)42(5,6)7/h10,15-16,21-22,29-30,33,35,57H,9,11-14,17-20,23-28H2,1-8H3,(H,45,55)(H,46,54)(H,51,53)(H,47,48,52)(H,49,50,56). The molecule has 0 aliphatic heterocycles. The number of amides is 5. The van der Waals surface area contributed by atoms with Crippen molar-refractivity contribution in [1.82, 2.24) is 25.9 Å². The van der Waals surface area contributed by atoms with Crippen LogP contribution in [-0.4, -0.2) is 88.3 Å². The number of anilines is 2. The number of nitrogens with zero attached hydrogens (tertiary/aromatic N) is 2. The van der Waals surface area contributed by atoms with Gasteiger partial charge in [-0.15, -0.1) is 0 Å². The van der Waals surface area contributed by atoms with Crippen LogP contribution in [0, 0.1) is 31.6 Å². The number of rotatable bonds is 23. The number of hydrogen-bond donors (Lipinski definition) is 6. The van der Waals surface area contributed by atoms with Crippen molar-refractivity contribution < 1.29 is 37.5 Å². The maximum absolute atomic E-state index is 14.5. The number of sulfone groups is 1. The summed E-state index contributed by atoms with van der Waals surface area (Å²) in [5.41, 5.74) is -1.73. The first-order valence-corrected chi connectivity index (χ1v) is 22.9. The molecule has 3 unspecified atom stereocenters. The summed E-state index contributed by atoms with van der Waals surface area (Å²) in [7, 11) is -3.70. The molecule has 1 aliphatic rings. The van der Waals surface area contributed by atoms with Crippen LogP contribution in [0.4, 0.5) is 11.6 Å². The monoisotopic (exact) mass is 855 g/mol. The number of aryl methyl sites for hydroxylation is 2. The SMILES string of the molecule is Cc1nc(NC=O)c(NC(=O)C(CC(C)(O)CNC(=O)CNC(=O)C(Cc2ccccc2)CS(=O)(=O)C(C)(C)C)(NC(=O)CCCCCC2CCCCC2)C(C)C)nc1C. The molecular weight excluding hydrogens is 787 g/mol. The van der Waals surface area contributed by atoms with Crippen molar-refractivity contribution in [1.29, 1.82) is 0 Å². The first-order chi connectivity index (χ1) is 28.1. The number of aromatic nitrogens is 2. The van der Waals surface area contributed by atoms with Crippen LogP contribution >= 0.6 is 0 Å². The molecule has 0 spiro atoms. The molecule has 2 aromatic rings. The van der Waals surface area contributed by atoms with E-state index in [-0.39, 0.29) is 43.4 Å². The summed E-state index contributed by atoms with van der Waals surface area (Å²) in [6, 6.07) is 9.01. The van der Waals surface area contributed by atoms with E-state index >= 15 is 0 Å². The van der Waals surface area contributed by atoms with Gasteiger partial charge in [0.25, 0.3) is 5.91 Å². The van der Waals surface area contributed by atoms with Gasteiger partial charge in [0.15, 0.2) is 21.5 Å². The molecule has 6 N–H and O–H groups in total. The van der Waals surface area contributed by atoms with Crippen LogP contribution in [0.15, 0.2) is 30.3 Å². The van der Waals surface area contributed by atoms with Crippen molar-refractivity contribution in [3.8, 4) is 0 Å². The molecule has 1 saturated carbocycles. The minimum atomic E-state index is -3.70. The summed E-state index contributed by atoms with van der Waals surface area (Å²) in [4.78, 5) is 74.9. The Bertz CT molecular complexity index is 1880. The molecule has 16 heteroatoms. The van der Waals surface area contributed by atoms with Crippen molar-refractivity contribution in [3.63, 3.8) is 0 Å². The van der Waals surface area contributed by atoms with Gasteiger partial charge < -0.3 is 31.7 Å². The molecule has 1 aromatic carbocycles. The van der Waals surface area contributed by atoms with E-state index in [1.807, 2.05) is 6.07 Å². The third-order valence-electron chi connectivity index (χ3n) is 11.5. The zero-order valence-corrected chi connectivity index (χ0v) is 37.7.